The molecule has 1 saturated heterocycles. The van der Waals surface area contributed by atoms with Gasteiger partial charge in [0.2, 0.25) is 0 Å². The van der Waals surface area contributed by atoms with Gasteiger partial charge in [-0.1, -0.05) is 30.3 Å². The number of nitrogens with zero attached hydrogens (tertiary/aromatic N) is 6. The van der Waals surface area contributed by atoms with Crippen LogP contribution in [0.25, 0.3) is 22.4 Å². The Morgan fingerprint density at radius 2 is 1.69 bits per heavy atom. The summed E-state index contributed by atoms with van der Waals surface area (Å²) in [5.41, 5.74) is 3.18. The number of hydrogen-bond acceptors (Lipinski definition) is 8. The molecule has 0 radical (unpaired) electrons. The first-order chi connectivity index (χ1) is 17.5. The van der Waals surface area contributed by atoms with Gasteiger partial charge in [-0.15, -0.1) is 0 Å². The maximum atomic E-state index is 13.1. The van der Waals surface area contributed by atoms with Crippen LogP contribution in [0.1, 0.15) is 12.7 Å². The number of aliphatic hydroxyl groups excluding tert-OH is 1. The van der Waals surface area contributed by atoms with Crippen molar-refractivity contribution in [3.05, 3.63) is 70.9 Å². The minimum absolute atomic E-state index is 0.173. The van der Waals surface area contributed by atoms with Crippen molar-refractivity contribution in [1.82, 2.24) is 24.4 Å². The molecule has 4 heterocycles. The van der Waals surface area contributed by atoms with Crippen LogP contribution in [0.5, 0.6) is 0 Å². The highest BCUT2D eigenvalue weighted by molar-refractivity contribution is 5.74. The predicted octanol–water partition coefficient (Wildman–Crippen LogP) is 2.99. The van der Waals surface area contributed by atoms with Crippen molar-refractivity contribution < 1.29 is 5.11 Å². The summed E-state index contributed by atoms with van der Waals surface area (Å²) >= 11 is 0. The van der Waals surface area contributed by atoms with Crippen molar-refractivity contribution in [2.45, 2.75) is 20.4 Å². The molecule has 0 amide bonds. The van der Waals surface area contributed by atoms with Gasteiger partial charge in [0.05, 0.1) is 17.9 Å². The van der Waals surface area contributed by atoms with Crippen LogP contribution in [0.4, 0.5) is 17.5 Å². The number of aryl methyl sites for hydroxylation is 2. The van der Waals surface area contributed by atoms with Crippen LogP contribution in [0.15, 0.2) is 59.5 Å². The zero-order chi connectivity index (χ0) is 25.1. The van der Waals surface area contributed by atoms with Gasteiger partial charge in [-0.05, 0) is 31.0 Å². The molecule has 1 aromatic heterocycles. The quantitative estimate of drug-likeness (QED) is 0.412. The van der Waals surface area contributed by atoms with E-state index in [-0.39, 0.29) is 12.2 Å². The maximum Gasteiger partial charge on any atom is 0.281 e. The second kappa shape index (κ2) is 10.4. The molecule has 1 fully saturated rings. The van der Waals surface area contributed by atoms with E-state index in [1.54, 1.807) is 0 Å². The van der Waals surface area contributed by atoms with Crippen LogP contribution in [0.2, 0.25) is 0 Å². The Kier molecular flexibility index (Phi) is 6.92. The first kappa shape index (κ1) is 23.9. The smallest absolute Gasteiger partial charge is 0.281 e. The number of nitrogens with one attached hydrogen (secondary N) is 1. The fraction of sp³-hybridized carbons (Fsp3) is 0.333. The van der Waals surface area contributed by atoms with Crippen LogP contribution in [-0.2, 0) is 6.54 Å². The second-order valence-electron chi connectivity index (χ2n) is 8.96. The molecule has 0 spiro atoms. The molecule has 1 aromatic carbocycles. The zero-order valence-corrected chi connectivity index (χ0v) is 20.7. The van der Waals surface area contributed by atoms with Crippen LogP contribution >= 0.6 is 0 Å². The average molecular weight is 486 g/mol. The highest BCUT2D eigenvalue weighted by Gasteiger charge is 2.20. The summed E-state index contributed by atoms with van der Waals surface area (Å²) in [4.78, 5) is 31.0. The summed E-state index contributed by atoms with van der Waals surface area (Å²) in [5, 5.41) is 12.4. The Morgan fingerprint density at radius 1 is 0.944 bits per heavy atom. The monoisotopic (exact) mass is 485 g/mol. The molecule has 9 nitrogen and oxygen atoms in total. The number of benzene rings is 1. The van der Waals surface area contributed by atoms with E-state index < -0.39 is 0 Å². The molecule has 0 unspecified atom stereocenters. The summed E-state index contributed by atoms with van der Waals surface area (Å²) in [6.45, 7) is 8.92. The van der Waals surface area contributed by atoms with Crippen molar-refractivity contribution in [2.75, 3.05) is 49.5 Å². The molecule has 3 aliphatic heterocycles. The lowest BCUT2D eigenvalue weighted by atomic mass is 10.0. The molecular weight excluding hydrogens is 454 g/mol. The predicted molar refractivity (Wildman–Crippen MR) is 142 cm³/mol. The van der Waals surface area contributed by atoms with Gasteiger partial charge < -0.3 is 19.9 Å². The van der Waals surface area contributed by atoms with Gasteiger partial charge in [-0.3, -0.25) is 9.69 Å². The van der Waals surface area contributed by atoms with Crippen LogP contribution in [-0.4, -0.2) is 68.9 Å². The third-order valence-corrected chi connectivity index (χ3v) is 6.55. The molecule has 9 heteroatoms. The van der Waals surface area contributed by atoms with Gasteiger partial charge in [-0.25, -0.2) is 9.97 Å². The fourth-order valence-corrected chi connectivity index (χ4v) is 4.69. The van der Waals surface area contributed by atoms with Crippen molar-refractivity contribution in [3.8, 4) is 22.4 Å². The van der Waals surface area contributed by atoms with Crippen molar-refractivity contribution in [3.63, 3.8) is 0 Å². The Hall–Kier alpha value is -3.82. The summed E-state index contributed by atoms with van der Waals surface area (Å²) in [7, 11) is 0. The van der Waals surface area contributed by atoms with Gasteiger partial charge in [0.25, 0.3) is 5.56 Å². The summed E-state index contributed by atoms with van der Waals surface area (Å²) in [6.07, 6.45) is 2.07. The number of β-amino-alcohol motifs (C(OH)–C–C–N with tert-alkyl or cyclic N) is 1. The van der Waals surface area contributed by atoms with E-state index in [2.05, 4.69) is 47.8 Å². The van der Waals surface area contributed by atoms with Gasteiger partial charge in [-0.2, -0.15) is 4.98 Å². The highest BCUT2D eigenvalue weighted by Crippen LogP contribution is 2.29. The Labute approximate surface area is 210 Å². The van der Waals surface area contributed by atoms with E-state index in [0.29, 0.717) is 29.6 Å². The number of piperazine rings is 1. The molecule has 0 bridgehead atoms. The third-order valence-electron chi connectivity index (χ3n) is 6.55. The molecule has 3 aliphatic rings. The number of hydrogen-bond donors (Lipinski definition) is 2. The highest BCUT2D eigenvalue weighted by atomic mass is 16.3. The van der Waals surface area contributed by atoms with E-state index in [9.17, 15) is 9.90 Å². The maximum absolute atomic E-state index is 13.1. The lowest BCUT2D eigenvalue weighted by molar-refractivity contribution is 0.188. The van der Waals surface area contributed by atoms with Gasteiger partial charge in [0, 0.05) is 57.6 Å². The summed E-state index contributed by atoms with van der Waals surface area (Å²) < 4.78 is 2.08. The summed E-state index contributed by atoms with van der Waals surface area (Å²) in [6, 6.07) is 15.8. The molecule has 2 N–H and O–H groups in total. The Balaban J connectivity index is 1.44. The summed E-state index contributed by atoms with van der Waals surface area (Å²) in [5.74, 6) is 2.55. The van der Waals surface area contributed by atoms with Gasteiger partial charge in [0.1, 0.15) is 23.3 Å². The lowest BCUT2D eigenvalue weighted by Gasteiger charge is -2.35. The van der Waals surface area contributed by atoms with E-state index in [4.69, 9.17) is 0 Å². The molecule has 0 saturated carbocycles. The van der Waals surface area contributed by atoms with Crippen molar-refractivity contribution in [1.29, 1.82) is 0 Å². The van der Waals surface area contributed by atoms with Crippen LogP contribution in [0.3, 0.4) is 0 Å². The SMILES string of the molecule is CCn1cc(-c2ccccc2)cc2c(=O)nc(Nc3cc(N4CCN(CCO)CC4)nc(C)n3)cc1-2. The second-order valence-corrected chi connectivity index (χ2v) is 8.96. The normalized spacial score (nSPS) is 14.4. The van der Waals surface area contributed by atoms with Crippen molar-refractivity contribution in [2.24, 2.45) is 0 Å². The zero-order valence-electron chi connectivity index (χ0n) is 20.7. The van der Waals surface area contributed by atoms with E-state index in [1.807, 2.05) is 55.5 Å². The average Bonchev–Trinajstić information content (AvgIpc) is 2.89. The Bertz CT molecular complexity index is 1360. The van der Waals surface area contributed by atoms with Crippen LogP contribution < -0.4 is 15.8 Å². The third kappa shape index (κ3) is 5.07. The minimum atomic E-state index is -0.277. The Morgan fingerprint density at radius 3 is 2.42 bits per heavy atom. The lowest BCUT2D eigenvalue weighted by Crippen LogP contribution is -2.47. The standard InChI is InChI=1S/C27H31N7O2/c1-3-33-18-21(20-7-5-4-6-8-20)15-22-23(33)16-24(31-27(22)36)30-25-17-26(29-19(2)28-25)34-11-9-32(10-12-34)13-14-35/h4-8,15-18,35H,3,9-14H2,1-2H3,(H,28,29,30,31,36). The number of rotatable bonds is 7. The number of anilines is 3. The molecule has 5 rings (SSSR count). The van der Waals surface area contributed by atoms with E-state index in [1.165, 1.54) is 0 Å². The molecule has 0 atom stereocenters. The topological polar surface area (TPSA) is 99.4 Å². The van der Waals surface area contributed by atoms with Crippen LogP contribution in [0, 0.1) is 6.92 Å². The van der Waals surface area contributed by atoms with Gasteiger partial charge in [0.15, 0.2) is 0 Å². The molecule has 186 valence electrons. The van der Waals surface area contributed by atoms with Gasteiger partial charge >= 0.3 is 0 Å². The number of aliphatic hydroxyl groups is 1. The number of fused-ring (bicyclic) bond motifs is 1. The number of pyridine rings is 2. The van der Waals surface area contributed by atoms with Crippen molar-refractivity contribution >= 4 is 17.5 Å². The minimum Gasteiger partial charge on any atom is -0.395 e. The van der Waals surface area contributed by atoms with E-state index >= 15 is 0 Å². The number of aromatic nitrogens is 4. The molecule has 36 heavy (non-hydrogen) atoms. The fourth-order valence-electron chi connectivity index (χ4n) is 4.69. The molecular formula is C27H31N7O2. The first-order valence-electron chi connectivity index (χ1n) is 12.4. The largest absolute Gasteiger partial charge is 0.395 e. The molecule has 0 aliphatic carbocycles. The molecule has 2 aromatic rings. The first-order valence-corrected chi connectivity index (χ1v) is 12.4. The van der Waals surface area contributed by atoms with E-state index in [0.717, 1.165) is 55.4 Å².